The highest BCUT2D eigenvalue weighted by Crippen LogP contribution is 2.26. The van der Waals surface area contributed by atoms with Gasteiger partial charge in [0, 0.05) is 70.0 Å². The highest BCUT2D eigenvalue weighted by atomic mass is 32.2. The maximum Gasteiger partial charge on any atom is 0.253 e. The number of ether oxygens (including phenoxy) is 2. The Hall–Kier alpha value is -4.08. The van der Waals surface area contributed by atoms with E-state index in [9.17, 15) is 4.79 Å². The number of piperazine rings is 1. The average Bonchev–Trinajstić information content (AvgIpc) is 3.04. The van der Waals surface area contributed by atoms with E-state index in [4.69, 9.17) is 19.4 Å². The van der Waals surface area contributed by atoms with Gasteiger partial charge in [0.05, 0.1) is 19.4 Å². The van der Waals surface area contributed by atoms with Crippen molar-refractivity contribution in [2.45, 2.75) is 24.1 Å². The molecule has 0 bridgehead atoms. The van der Waals surface area contributed by atoms with Crippen LogP contribution in [-0.2, 0) is 23.6 Å². The normalized spacial score (nSPS) is 13.2. The summed E-state index contributed by atoms with van der Waals surface area (Å²) in [5, 5.41) is 0.704. The molecule has 1 aromatic heterocycles. The Labute approximate surface area is 252 Å². The second kappa shape index (κ2) is 14.2. The number of anilines is 2. The summed E-state index contributed by atoms with van der Waals surface area (Å²) in [6.45, 7) is 4.51. The molecular formula is C33H37N5O3S. The molecule has 5 rings (SSSR count). The smallest absolute Gasteiger partial charge is 0.253 e. The van der Waals surface area contributed by atoms with Gasteiger partial charge < -0.3 is 24.2 Å². The molecule has 218 valence electrons. The Kier molecular flexibility index (Phi) is 9.94. The molecule has 8 nitrogen and oxygen atoms in total. The number of thioether (sulfide) groups is 1. The third kappa shape index (κ3) is 7.60. The summed E-state index contributed by atoms with van der Waals surface area (Å²) in [4.78, 5) is 29.2. The van der Waals surface area contributed by atoms with E-state index in [-0.39, 0.29) is 5.91 Å². The zero-order valence-electron chi connectivity index (χ0n) is 24.4. The molecule has 1 saturated heterocycles. The van der Waals surface area contributed by atoms with Crippen molar-refractivity contribution in [2.24, 2.45) is 0 Å². The summed E-state index contributed by atoms with van der Waals surface area (Å²) in [5.41, 5.74) is 4.88. The Balaban J connectivity index is 1.23. The zero-order valence-corrected chi connectivity index (χ0v) is 25.2. The van der Waals surface area contributed by atoms with E-state index in [1.807, 2.05) is 79.8 Å². The molecule has 1 amide bonds. The van der Waals surface area contributed by atoms with Crippen molar-refractivity contribution >= 4 is 29.2 Å². The number of aromatic nitrogens is 2. The first-order valence-corrected chi connectivity index (χ1v) is 15.0. The van der Waals surface area contributed by atoms with Gasteiger partial charge in [0.15, 0.2) is 5.16 Å². The number of amides is 1. The lowest BCUT2D eigenvalue weighted by atomic mass is 10.1. The van der Waals surface area contributed by atoms with Crippen LogP contribution in [-0.4, -0.2) is 68.2 Å². The lowest BCUT2D eigenvalue weighted by molar-refractivity contribution is 0.0785. The van der Waals surface area contributed by atoms with E-state index in [1.54, 1.807) is 30.9 Å². The Morgan fingerprint density at radius 3 is 2.29 bits per heavy atom. The van der Waals surface area contributed by atoms with Gasteiger partial charge in [-0.05, 0) is 47.5 Å². The van der Waals surface area contributed by atoms with Crippen LogP contribution in [0.5, 0.6) is 5.75 Å². The molecular weight excluding hydrogens is 546 g/mol. The molecule has 0 aliphatic carbocycles. The molecule has 4 aromatic rings. The first-order valence-electron chi connectivity index (χ1n) is 14.0. The van der Waals surface area contributed by atoms with Gasteiger partial charge in [-0.1, -0.05) is 54.2 Å². The molecule has 1 fully saturated rings. The largest absolute Gasteiger partial charge is 0.497 e. The van der Waals surface area contributed by atoms with Gasteiger partial charge in [0.25, 0.3) is 5.91 Å². The van der Waals surface area contributed by atoms with Crippen LogP contribution in [0.15, 0.2) is 90.1 Å². The quantitative estimate of drug-likeness (QED) is 0.169. The number of nitrogens with zero attached hydrogens (tertiary/aromatic N) is 5. The van der Waals surface area contributed by atoms with Crippen LogP contribution in [0.1, 0.15) is 27.2 Å². The summed E-state index contributed by atoms with van der Waals surface area (Å²) >= 11 is 1.57. The molecule has 0 unspecified atom stereocenters. The van der Waals surface area contributed by atoms with E-state index in [2.05, 4.69) is 21.9 Å². The topological polar surface area (TPSA) is 71.0 Å². The predicted molar refractivity (Wildman–Crippen MR) is 168 cm³/mol. The molecule has 2 heterocycles. The monoisotopic (exact) mass is 583 g/mol. The first kappa shape index (κ1) is 29.4. The molecule has 42 heavy (non-hydrogen) atoms. The van der Waals surface area contributed by atoms with Gasteiger partial charge >= 0.3 is 0 Å². The molecule has 1 aliphatic heterocycles. The van der Waals surface area contributed by atoms with Crippen LogP contribution in [0.2, 0.25) is 0 Å². The fraction of sp³-hybridized carbons (Fsp3) is 0.303. The van der Waals surface area contributed by atoms with E-state index >= 15 is 0 Å². The summed E-state index contributed by atoms with van der Waals surface area (Å²) in [5.74, 6) is 2.44. The molecule has 0 radical (unpaired) electrons. The average molecular weight is 584 g/mol. The van der Waals surface area contributed by atoms with E-state index in [1.165, 1.54) is 5.69 Å². The maximum atomic E-state index is 13.1. The lowest BCUT2D eigenvalue weighted by Crippen LogP contribution is -2.46. The Morgan fingerprint density at radius 1 is 0.857 bits per heavy atom. The van der Waals surface area contributed by atoms with Crippen LogP contribution in [0.4, 0.5) is 11.5 Å². The molecule has 0 spiro atoms. The second-order valence-electron chi connectivity index (χ2n) is 10.2. The van der Waals surface area contributed by atoms with Crippen LogP contribution in [0.3, 0.4) is 0 Å². The molecule has 1 aliphatic rings. The maximum absolute atomic E-state index is 13.1. The fourth-order valence-corrected chi connectivity index (χ4v) is 5.80. The summed E-state index contributed by atoms with van der Waals surface area (Å²) in [6, 6.07) is 28.1. The van der Waals surface area contributed by atoms with Crippen molar-refractivity contribution in [3.63, 3.8) is 0 Å². The van der Waals surface area contributed by atoms with Crippen LogP contribution >= 0.6 is 11.8 Å². The number of methoxy groups -OCH3 is 2. The van der Waals surface area contributed by atoms with Gasteiger partial charge in [0.1, 0.15) is 11.6 Å². The first-order chi connectivity index (χ1) is 20.5. The molecule has 0 atom stereocenters. The SMILES string of the molecule is COCc1cc(N2CCN(c3ccc(OC)cc3)CC2)nc(SCc2cccc(C(=O)N(C)Cc3ccccc3)c2)n1. The highest BCUT2D eigenvalue weighted by Gasteiger charge is 2.20. The number of carbonyl (C=O) groups excluding carboxylic acids is 1. The van der Waals surface area contributed by atoms with Gasteiger partial charge in [-0.3, -0.25) is 4.79 Å². The lowest BCUT2D eigenvalue weighted by Gasteiger charge is -2.37. The van der Waals surface area contributed by atoms with Gasteiger partial charge in [-0.15, -0.1) is 0 Å². The second-order valence-corrected chi connectivity index (χ2v) is 11.2. The van der Waals surface area contributed by atoms with E-state index in [0.717, 1.165) is 54.6 Å². The highest BCUT2D eigenvalue weighted by molar-refractivity contribution is 7.98. The molecule has 0 N–H and O–H groups in total. The number of hydrogen-bond acceptors (Lipinski definition) is 8. The minimum absolute atomic E-state index is 0.000105. The van der Waals surface area contributed by atoms with Crippen LogP contribution < -0.4 is 14.5 Å². The van der Waals surface area contributed by atoms with Crippen molar-refractivity contribution in [1.82, 2.24) is 14.9 Å². The van der Waals surface area contributed by atoms with Gasteiger partial charge in [0.2, 0.25) is 0 Å². The third-order valence-corrected chi connectivity index (χ3v) is 8.15. The van der Waals surface area contributed by atoms with Crippen molar-refractivity contribution in [2.75, 3.05) is 57.2 Å². The number of benzene rings is 3. The molecule has 3 aromatic carbocycles. The van der Waals surface area contributed by atoms with Crippen molar-refractivity contribution in [3.8, 4) is 5.75 Å². The van der Waals surface area contributed by atoms with E-state index < -0.39 is 0 Å². The summed E-state index contributed by atoms with van der Waals surface area (Å²) in [7, 11) is 5.20. The van der Waals surface area contributed by atoms with Crippen LogP contribution in [0, 0.1) is 0 Å². The number of hydrogen-bond donors (Lipinski definition) is 0. The zero-order chi connectivity index (χ0) is 29.3. The molecule has 9 heteroatoms. The standard InChI is InChI=1S/C33H37N5O3S/c1-36(22-25-8-5-4-6-9-25)32(39)27-11-7-10-26(20-27)24-42-33-34-28(23-40-2)21-31(35-33)38-18-16-37(17-19-38)29-12-14-30(41-3)15-13-29/h4-15,20-21H,16-19,22-24H2,1-3H3. The van der Waals surface area contributed by atoms with Crippen molar-refractivity contribution < 1.29 is 14.3 Å². The Morgan fingerprint density at radius 2 is 1.57 bits per heavy atom. The molecule has 0 saturated carbocycles. The van der Waals surface area contributed by atoms with Crippen molar-refractivity contribution in [3.05, 3.63) is 107 Å². The van der Waals surface area contributed by atoms with Gasteiger partial charge in [-0.2, -0.15) is 0 Å². The van der Waals surface area contributed by atoms with Gasteiger partial charge in [-0.25, -0.2) is 9.97 Å². The third-order valence-electron chi connectivity index (χ3n) is 7.23. The number of rotatable bonds is 11. The van der Waals surface area contributed by atoms with Crippen molar-refractivity contribution in [1.29, 1.82) is 0 Å². The summed E-state index contributed by atoms with van der Waals surface area (Å²) in [6.07, 6.45) is 0. The summed E-state index contributed by atoms with van der Waals surface area (Å²) < 4.78 is 10.7. The number of carbonyl (C=O) groups is 1. The fourth-order valence-electron chi connectivity index (χ4n) is 4.99. The van der Waals surface area contributed by atoms with E-state index in [0.29, 0.717) is 29.6 Å². The predicted octanol–water partition coefficient (Wildman–Crippen LogP) is 5.52. The Bertz CT molecular complexity index is 1460. The minimum atomic E-state index is 0.000105. The van der Waals surface area contributed by atoms with Crippen LogP contribution in [0.25, 0.3) is 0 Å². The minimum Gasteiger partial charge on any atom is -0.497 e.